The first-order chi connectivity index (χ1) is 10.4. The van der Waals surface area contributed by atoms with Crippen molar-refractivity contribution in [3.63, 3.8) is 0 Å². The molecule has 1 atom stereocenters. The van der Waals surface area contributed by atoms with Gasteiger partial charge in [0.2, 0.25) is 5.91 Å². The van der Waals surface area contributed by atoms with Gasteiger partial charge in [-0.15, -0.1) is 0 Å². The molecule has 2 rings (SSSR count). The van der Waals surface area contributed by atoms with Gasteiger partial charge in [-0.25, -0.2) is 4.79 Å². The lowest BCUT2D eigenvalue weighted by atomic mass is 10.2. The molecule has 1 aromatic rings. The topological polar surface area (TPSA) is 84.5 Å². The molecule has 1 aromatic carbocycles. The lowest BCUT2D eigenvalue weighted by Crippen LogP contribution is -2.36. The van der Waals surface area contributed by atoms with E-state index in [1.807, 2.05) is 0 Å². The highest BCUT2D eigenvalue weighted by Gasteiger charge is 2.28. The molecule has 9 heteroatoms. The van der Waals surface area contributed by atoms with Gasteiger partial charge in [-0.1, -0.05) is 34.8 Å². The summed E-state index contributed by atoms with van der Waals surface area (Å²) in [6.07, 6.45) is 0.628. The van der Waals surface area contributed by atoms with Gasteiger partial charge < -0.3 is 15.4 Å². The van der Waals surface area contributed by atoms with Gasteiger partial charge in [0.1, 0.15) is 6.04 Å². The van der Waals surface area contributed by atoms with E-state index < -0.39 is 24.5 Å². The second-order valence-electron chi connectivity index (χ2n) is 4.56. The summed E-state index contributed by atoms with van der Waals surface area (Å²) >= 11 is 17.5. The van der Waals surface area contributed by atoms with Crippen molar-refractivity contribution < 1.29 is 19.1 Å². The van der Waals surface area contributed by atoms with Crippen molar-refractivity contribution in [2.45, 2.75) is 18.9 Å². The number of anilines is 1. The number of hydrogen-bond acceptors (Lipinski definition) is 4. The standard InChI is InChI=1S/C13H11Cl3N2O4/c14-6-3-8(16)10(4-7(6)15)18-12(20)5-22-13(21)9-1-2-11(19)17-9/h3-4,9H,1-2,5H2,(H,17,19)(H,18,20). The number of hydrogen-bond donors (Lipinski definition) is 2. The van der Waals surface area contributed by atoms with Gasteiger partial charge in [0.15, 0.2) is 6.61 Å². The number of nitrogens with one attached hydrogen (secondary N) is 2. The van der Waals surface area contributed by atoms with Crippen LogP contribution in [0.1, 0.15) is 12.8 Å². The van der Waals surface area contributed by atoms with E-state index in [2.05, 4.69) is 10.6 Å². The van der Waals surface area contributed by atoms with E-state index in [4.69, 9.17) is 39.5 Å². The third-order valence-corrected chi connectivity index (χ3v) is 3.94. The third kappa shape index (κ3) is 4.25. The number of rotatable bonds is 4. The summed E-state index contributed by atoms with van der Waals surface area (Å²) in [4.78, 5) is 34.4. The smallest absolute Gasteiger partial charge is 0.329 e. The molecule has 1 aliphatic heterocycles. The van der Waals surface area contributed by atoms with Crippen LogP contribution in [0.2, 0.25) is 15.1 Å². The summed E-state index contributed by atoms with van der Waals surface area (Å²) in [5.41, 5.74) is 0.256. The van der Waals surface area contributed by atoms with Crippen LogP contribution in [-0.4, -0.2) is 30.4 Å². The quantitative estimate of drug-likeness (QED) is 0.634. The first-order valence-corrected chi connectivity index (χ1v) is 7.40. The van der Waals surface area contributed by atoms with Crippen molar-refractivity contribution in [2.24, 2.45) is 0 Å². The lowest BCUT2D eigenvalue weighted by molar-refractivity contribution is -0.149. The molecule has 0 radical (unpaired) electrons. The number of amides is 2. The van der Waals surface area contributed by atoms with Crippen molar-refractivity contribution in [1.82, 2.24) is 5.32 Å². The van der Waals surface area contributed by atoms with Crippen molar-refractivity contribution >= 4 is 58.3 Å². The minimum Gasteiger partial charge on any atom is -0.454 e. The van der Waals surface area contributed by atoms with Crippen LogP contribution in [0, 0.1) is 0 Å². The Balaban J connectivity index is 1.87. The Bertz CT molecular complexity index is 636. The monoisotopic (exact) mass is 364 g/mol. The first-order valence-electron chi connectivity index (χ1n) is 6.27. The van der Waals surface area contributed by atoms with Crippen molar-refractivity contribution in [3.05, 3.63) is 27.2 Å². The van der Waals surface area contributed by atoms with E-state index in [0.717, 1.165) is 0 Å². The minimum atomic E-state index is -0.700. The molecule has 0 bridgehead atoms. The number of esters is 1. The van der Waals surface area contributed by atoms with Crippen LogP contribution in [0.5, 0.6) is 0 Å². The molecule has 0 saturated carbocycles. The normalized spacial score (nSPS) is 17.0. The summed E-state index contributed by atoms with van der Waals surface area (Å²) < 4.78 is 4.83. The van der Waals surface area contributed by atoms with Gasteiger partial charge >= 0.3 is 5.97 Å². The van der Waals surface area contributed by atoms with E-state index in [-0.39, 0.29) is 33.1 Å². The molecule has 1 unspecified atom stereocenters. The molecule has 2 amide bonds. The summed E-state index contributed by atoms with van der Waals surface area (Å²) in [6.45, 7) is -0.498. The van der Waals surface area contributed by atoms with Crippen LogP contribution in [0.25, 0.3) is 0 Å². The highest BCUT2D eigenvalue weighted by Crippen LogP contribution is 2.32. The first kappa shape index (κ1) is 16.9. The summed E-state index contributed by atoms with van der Waals surface area (Å²) in [5.74, 6) is -1.45. The van der Waals surface area contributed by atoms with Crippen LogP contribution in [0.3, 0.4) is 0 Å². The summed E-state index contributed by atoms with van der Waals surface area (Å²) in [5, 5.41) is 5.60. The molecule has 0 spiro atoms. The van der Waals surface area contributed by atoms with Gasteiger partial charge in [0, 0.05) is 6.42 Å². The maximum atomic E-state index is 11.7. The van der Waals surface area contributed by atoms with E-state index in [9.17, 15) is 14.4 Å². The largest absolute Gasteiger partial charge is 0.454 e. The SMILES string of the molecule is O=C(COC(=O)C1CCC(=O)N1)Nc1cc(Cl)c(Cl)cc1Cl. The van der Waals surface area contributed by atoms with Crippen LogP contribution in [0.15, 0.2) is 12.1 Å². The molecular weight excluding hydrogens is 355 g/mol. The van der Waals surface area contributed by atoms with Crippen LogP contribution in [0.4, 0.5) is 5.69 Å². The molecule has 2 N–H and O–H groups in total. The average molecular weight is 366 g/mol. The van der Waals surface area contributed by atoms with Crippen LogP contribution < -0.4 is 10.6 Å². The number of carbonyl (C=O) groups excluding carboxylic acids is 3. The number of carbonyl (C=O) groups is 3. The zero-order chi connectivity index (χ0) is 16.3. The highest BCUT2D eigenvalue weighted by molar-refractivity contribution is 6.44. The molecule has 118 valence electrons. The van der Waals surface area contributed by atoms with E-state index in [1.54, 1.807) is 0 Å². The Labute approximate surface area is 141 Å². The Morgan fingerprint density at radius 2 is 1.91 bits per heavy atom. The number of benzene rings is 1. The fourth-order valence-electron chi connectivity index (χ4n) is 1.83. The second kappa shape index (κ2) is 7.17. The Morgan fingerprint density at radius 3 is 2.55 bits per heavy atom. The molecular formula is C13H11Cl3N2O4. The zero-order valence-electron chi connectivity index (χ0n) is 11.1. The van der Waals surface area contributed by atoms with Crippen molar-refractivity contribution in [2.75, 3.05) is 11.9 Å². The zero-order valence-corrected chi connectivity index (χ0v) is 13.4. The third-order valence-electron chi connectivity index (χ3n) is 2.91. The van der Waals surface area contributed by atoms with Gasteiger partial charge in [-0.2, -0.15) is 0 Å². The molecule has 1 saturated heterocycles. The summed E-state index contributed by atoms with van der Waals surface area (Å²) in [6, 6.07) is 2.08. The van der Waals surface area contributed by atoms with E-state index >= 15 is 0 Å². The predicted octanol–water partition coefficient (Wildman–Crippen LogP) is 2.41. The average Bonchev–Trinajstić information content (AvgIpc) is 2.89. The van der Waals surface area contributed by atoms with E-state index in [1.165, 1.54) is 12.1 Å². The van der Waals surface area contributed by atoms with E-state index in [0.29, 0.717) is 6.42 Å². The van der Waals surface area contributed by atoms with Crippen molar-refractivity contribution in [1.29, 1.82) is 0 Å². The fraction of sp³-hybridized carbons (Fsp3) is 0.308. The molecule has 0 aliphatic carbocycles. The molecule has 6 nitrogen and oxygen atoms in total. The highest BCUT2D eigenvalue weighted by atomic mass is 35.5. The van der Waals surface area contributed by atoms with Gasteiger partial charge in [0.05, 0.1) is 20.8 Å². The van der Waals surface area contributed by atoms with Gasteiger partial charge in [0.25, 0.3) is 5.91 Å². The number of ether oxygens (including phenoxy) is 1. The molecule has 1 heterocycles. The maximum absolute atomic E-state index is 11.7. The van der Waals surface area contributed by atoms with Crippen molar-refractivity contribution in [3.8, 4) is 0 Å². The molecule has 1 aliphatic rings. The Hall–Kier alpha value is -1.50. The fourth-order valence-corrected chi connectivity index (χ4v) is 2.43. The van der Waals surface area contributed by atoms with Gasteiger partial charge in [-0.3, -0.25) is 9.59 Å². The Kier molecular flexibility index (Phi) is 5.50. The lowest BCUT2D eigenvalue weighted by Gasteiger charge is -2.11. The predicted molar refractivity (Wildman–Crippen MR) is 82.2 cm³/mol. The Morgan fingerprint density at radius 1 is 1.23 bits per heavy atom. The molecule has 22 heavy (non-hydrogen) atoms. The molecule has 1 fully saturated rings. The number of halogens is 3. The summed E-state index contributed by atoms with van der Waals surface area (Å²) in [7, 11) is 0. The van der Waals surface area contributed by atoms with Crippen LogP contribution in [-0.2, 0) is 19.1 Å². The van der Waals surface area contributed by atoms with Crippen LogP contribution >= 0.6 is 34.8 Å². The van der Waals surface area contributed by atoms with Gasteiger partial charge in [-0.05, 0) is 18.6 Å². The maximum Gasteiger partial charge on any atom is 0.329 e. The second-order valence-corrected chi connectivity index (χ2v) is 5.78. The molecule has 0 aromatic heterocycles. The minimum absolute atomic E-state index is 0.206.